The number of carbonyl (C=O) groups excluding carboxylic acids is 1. The lowest BCUT2D eigenvalue weighted by molar-refractivity contribution is 0.102. The molecule has 0 aliphatic rings. The van der Waals surface area contributed by atoms with Crippen molar-refractivity contribution in [1.29, 1.82) is 0 Å². The van der Waals surface area contributed by atoms with Crippen LogP contribution in [0.3, 0.4) is 0 Å². The topological polar surface area (TPSA) is 84.3 Å². The summed E-state index contributed by atoms with van der Waals surface area (Å²) in [5.74, 6) is -0.383. The number of hydrogen-bond acceptors (Lipinski definition) is 4. The van der Waals surface area contributed by atoms with Gasteiger partial charge in [0, 0.05) is 31.0 Å². The number of nitrogens with zero attached hydrogens (tertiary/aromatic N) is 3. The molecule has 0 aliphatic heterocycles. The molecule has 0 bridgehead atoms. The summed E-state index contributed by atoms with van der Waals surface area (Å²) in [7, 11) is -0.707. The second-order valence-electron chi connectivity index (χ2n) is 6.92. The van der Waals surface area contributed by atoms with Crippen molar-refractivity contribution in [3.05, 3.63) is 84.7 Å². The van der Waals surface area contributed by atoms with Crippen LogP contribution in [0.5, 0.6) is 0 Å². The maximum atomic E-state index is 12.6. The Hall–Kier alpha value is -3.49. The SMILES string of the molecule is CN(C)S(=O)(=O)c1cccc(C(=O)Nc2ccc(-n3cnc4ccccc43)cc2)c1. The number of aromatic nitrogens is 2. The normalized spacial score (nSPS) is 11.7. The van der Waals surface area contributed by atoms with Crippen LogP contribution < -0.4 is 5.32 Å². The van der Waals surface area contributed by atoms with Crippen LogP contribution in [0, 0.1) is 0 Å². The molecule has 30 heavy (non-hydrogen) atoms. The predicted octanol–water partition coefficient (Wildman–Crippen LogP) is 3.53. The van der Waals surface area contributed by atoms with E-state index in [4.69, 9.17) is 0 Å². The molecule has 0 radical (unpaired) electrons. The van der Waals surface area contributed by atoms with E-state index in [-0.39, 0.29) is 16.4 Å². The van der Waals surface area contributed by atoms with Gasteiger partial charge in [0.05, 0.1) is 15.9 Å². The molecule has 3 aromatic carbocycles. The van der Waals surface area contributed by atoms with E-state index in [1.807, 2.05) is 41.0 Å². The molecule has 1 amide bonds. The molecule has 4 aromatic rings. The number of sulfonamides is 1. The van der Waals surface area contributed by atoms with Crippen LogP contribution >= 0.6 is 0 Å². The van der Waals surface area contributed by atoms with Crippen molar-refractivity contribution in [1.82, 2.24) is 13.9 Å². The van der Waals surface area contributed by atoms with E-state index in [0.717, 1.165) is 21.0 Å². The molecule has 4 rings (SSSR count). The van der Waals surface area contributed by atoms with E-state index < -0.39 is 10.0 Å². The molecule has 0 fully saturated rings. The van der Waals surface area contributed by atoms with Crippen molar-refractivity contribution < 1.29 is 13.2 Å². The highest BCUT2D eigenvalue weighted by atomic mass is 32.2. The van der Waals surface area contributed by atoms with Crippen molar-refractivity contribution in [2.24, 2.45) is 0 Å². The lowest BCUT2D eigenvalue weighted by Gasteiger charge is -2.12. The molecule has 0 unspecified atom stereocenters. The number of amides is 1. The fourth-order valence-corrected chi connectivity index (χ4v) is 4.03. The molecule has 8 heteroatoms. The average Bonchev–Trinajstić information content (AvgIpc) is 3.18. The standard InChI is InChI=1S/C22H20N4O3S/c1-25(2)30(28,29)19-7-5-6-16(14-19)22(27)24-17-10-12-18(13-11-17)26-15-23-20-8-3-4-9-21(20)26/h3-15H,1-2H3,(H,24,27). The van der Waals surface area contributed by atoms with Gasteiger partial charge < -0.3 is 5.32 Å². The number of benzene rings is 3. The maximum absolute atomic E-state index is 12.6. The van der Waals surface area contributed by atoms with E-state index in [1.54, 1.807) is 30.6 Å². The Bertz CT molecular complexity index is 1330. The Morgan fingerprint density at radius 2 is 1.70 bits per heavy atom. The first-order valence-electron chi connectivity index (χ1n) is 9.23. The first kappa shape index (κ1) is 19.8. The zero-order valence-electron chi connectivity index (χ0n) is 16.5. The van der Waals surface area contributed by atoms with Crippen LogP contribution in [0.25, 0.3) is 16.7 Å². The lowest BCUT2D eigenvalue weighted by atomic mass is 10.2. The highest BCUT2D eigenvalue weighted by Crippen LogP contribution is 2.20. The molecular formula is C22H20N4O3S. The highest BCUT2D eigenvalue weighted by Gasteiger charge is 2.18. The Balaban J connectivity index is 1.55. The van der Waals surface area contributed by atoms with Gasteiger partial charge in [-0.15, -0.1) is 0 Å². The predicted molar refractivity (Wildman–Crippen MR) is 116 cm³/mol. The van der Waals surface area contributed by atoms with Gasteiger partial charge in [0.25, 0.3) is 5.91 Å². The minimum atomic E-state index is -3.61. The summed E-state index contributed by atoms with van der Waals surface area (Å²) in [6.07, 6.45) is 1.76. The van der Waals surface area contributed by atoms with Gasteiger partial charge in [-0.3, -0.25) is 9.36 Å². The van der Waals surface area contributed by atoms with Crippen molar-refractivity contribution >= 4 is 32.7 Å². The molecule has 0 atom stereocenters. The lowest BCUT2D eigenvalue weighted by Crippen LogP contribution is -2.22. The number of rotatable bonds is 5. The molecule has 0 saturated heterocycles. The van der Waals surface area contributed by atoms with E-state index in [1.165, 1.54) is 26.2 Å². The Morgan fingerprint density at radius 1 is 0.967 bits per heavy atom. The van der Waals surface area contributed by atoms with Crippen molar-refractivity contribution in [2.75, 3.05) is 19.4 Å². The summed E-state index contributed by atoms with van der Waals surface area (Å²) >= 11 is 0. The van der Waals surface area contributed by atoms with Crippen molar-refractivity contribution in [3.8, 4) is 5.69 Å². The summed E-state index contributed by atoms with van der Waals surface area (Å²) in [5.41, 5.74) is 3.69. The summed E-state index contributed by atoms with van der Waals surface area (Å²) in [4.78, 5) is 17.1. The summed E-state index contributed by atoms with van der Waals surface area (Å²) in [6, 6.07) is 21.2. The second kappa shape index (κ2) is 7.74. The van der Waals surface area contributed by atoms with Gasteiger partial charge in [0.1, 0.15) is 6.33 Å². The van der Waals surface area contributed by atoms with E-state index >= 15 is 0 Å². The largest absolute Gasteiger partial charge is 0.322 e. The Kier molecular flexibility index (Phi) is 5.11. The van der Waals surface area contributed by atoms with Gasteiger partial charge in [0.15, 0.2) is 0 Å². The van der Waals surface area contributed by atoms with E-state index in [9.17, 15) is 13.2 Å². The van der Waals surface area contributed by atoms with Gasteiger partial charge >= 0.3 is 0 Å². The number of fused-ring (bicyclic) bond motifs is 1. The van der Waals surface area contributed by atoms with Crippen LogP contribution in [0.4, 0.5) is 5.69 Å². The number of carbonyl (C=O) groups is 1. The molecule has 1 heterocycles. The molecular weight excluding hydrogens is 400 g/mol. The molecule has 152 valence electrons. The number of nitrogens with one attached hydrogen (secondary N) is 1. The Labute approximate surface area is 174 Å². The number of para-hydroxylation sites is 2. The smallest absolute Gasteiger partial charge is 0.255 e. The van der Waals surface area contributed by atoms with Gasteiger partial charge in [-0.2, -0.15) is 0 Å². The van der Waals surface area contributed by atoms with Crippen LogP contribution in [-0.2, 0) is 10.0 Å². The zero-order valence-corrected chi connectivity index (χ0v) is 17.3. The molecule has 0 aliphatic carbocycles. The summed E-state index contributed by atoms with van der Waals surface area (Å²) < 4.78 is 27.7. The van der Waals surface area contributed by atoms with Gasteiger partial charge in [0.2, 0.25) is 10.0 Å². The van der Waals surface area contributed by atoms with Gasteiger partial charge in [-0.1, -0.05) is 18.2 Å². The number of imidazole rings is 1. The van der Waals surface area contributed by atoms with Crippen LogP contribution in [0.15, 0.2) is 84.0 Å². The quantitative estimate of drug-likeness (QED) is 0.535. The van der Waals surface area contributed by atoms with Crippen molar-refractivity contribution in [2.45, 2.75) is 4.90 Å². The zero-order chi connectivity index (χ0) is 21.3. The van der Waals surface area contributed by atoms with Crippen molar-refractivity contribution in [3.63, 3.8) is 0 Å². The fraction of sp³-hybridized carbons (Fsp3) is 0.0909. The molecule has 1 N–H and O–H groups in total. The summed E-state index contributed by atoms with van der Waals surface area (Å²) in [6.45, 7) is 0. The second-order valence-corrected chi connectivity index (χ2v) is 9.07. The van der Waals surface area contributed by atoms with Gasteiger partial charge in [-0.05, 0) is 54.6 Å². The van der Waals surface area contributed by atoms with Gasteiger partial charge in [-0.25, -0.2) is 17.7 Å². The van der Waals surface area contributed by atoms with Crippen LogP contribution in [0.2, 0.25) is 0 Å². The molecule has 7 nitrogen and oxygen atoms in total. The molecule has 0 spiro atoms. The molecule has 0 saturated carbocycles. The third kappa shape index (κ3) is 3.70. The minimum absolute atomic E-state index is 0.0717. The third-order valence-electron chi connectivity index (χ3n) is 4.73. The summed E-state index contributed by atoms with van der Waals surface area (Å²) in [5, 5.41) is 2.80. The highest BCUT2D eigenvalue weighted by molar-refractivity contribution is 7.89. The first-order chi connectivity index (χ1) is 14.4. The Morgan fingerprint density at radius 3 is 2.43 bits per heavy atom. The number of anilines is 1. The third-order valence-corrected chi connectivity index (χ3v) is 6.54. The molecule has 1 aromatic heterocycles. The minimum Gasteiger partial charge on any atom is -0.322 e. The average molecular weight is 420 g/mol. The monoisotopic (exact) mass is 420 g/mol. The first-order valence-corrected chi connectivity index (χ1v) is 10.7. The maximum Gasteiger partial charge on any atom is 0.255 e. The van der Waals surface area contributed by atoms with Crippen LogP contribution in [-0.4, -0.2) is 42.3 Å². The fourth-order valence-electron chi connectivity index (χ4n) is 3.08. The van der Waals surface area contributed by atoms with Crippen LogP contribution in [0.1, 0.15) is 10.4 Å². The van der Waals surface area contributed by atoms with E-state index in [0.29, 0.717) is 5.69 Å². The van der Waals surface area contributed by atoms with E-state index in [2.05, 4.69) is 10.3 Å². The number of hydrogen-bond donors (Lipinski definition) is 1.